The molecule has 1 N–H and O–H groups in total. The van der Waals surface area contributed by atoms with Gasteiger partial charge in [0.1, 0.15) is 0 Å². The summed E-state index contributed by atoms with van der Waals surface area (Å²) in [6.45, 7) is 3.53. The number of carbonyl (C=O) groups is 1. The topological polar surface area (TPSA) is 54.5 Å². The van der Waals surface area contributed by atoms with Gasteiger partial charge in [-0.15, -0.1) is 11.3 Å². The summed E-state index contributed by atoms with van der Waals surface area (Å²) in [7, 11) is 1.90. The standard InChI is InChI=1S/C20H33N3O2S/c1-3-10-25-19-11-15(8-9-18(19)22-16-6-4-5-7-16)20(24)23(2)12-17-13-26-14-21-17/h13-16,18-19,22H,3-12H2,1-2H3/t15-,18+,19+/m0/s1. The first-order valence-electron chi connectivity index (χ1n) is 10.2. The Bertz CT molecular complexity index is 545. The molecule has 0 saturated heterocycles. The molecule has 5 nitrogen and oxygen atoms in total. The molecule has 1 heterocycles. The number of thiazole rings is 1. The van der Waals surface area contributed by atoms with E-state index in [0.717, 1.165) is 38.0 Å². The highest BCUT2D eigenvalue weighted by Crippen LogP contribution is 2.30. The molecule has 0 radical (unpaired) electrons. The highest BCUT2D eigenvalue weighted by molar-refractivity contribution is 7.07. The minimum absolute atomic E-state index is 0.0714. The molecule has 1 aromatic rings. The van der Waals surface area contributed by atoms with Crippen molar-refractivity contribution in [3.8, 4) is 0 Å². The van der Waals surface area contributed by atoms with Crippen molar-refractivity contribution in [2.24, 2.45) is 5.92 Å². The zero-order chi connectivity index (χ0) is 18.4. The smallest absolute Gasteiger partial charge is 0.225 e. The van der Waals surface area contributed by atoms with Crippen molar-refractivity contribution in [1.82, 2.24) is 15.2 Å². The summed E-state index contributed by atoms with van der Waals surface area (Å²) in [5, 5.41) is 5.86. The van der Waals surface area contributed by atoms with Crippen molar-refractivity contribution < 1.29 is 9.53 Å². The molecule has 3 atom stereocenters. The number of nitrogens with zero attached hydrogens (tertiary/aromatic N) is 2. The monoisotopic (exact) mass is 379 g/mol. The van der Waals surface area contributed by atoms with E-state index in [2.05, 4.69) is 17.2 Å². The van der Waals surface area contributed by atoms with Crippen molar-refractivity contribution in [1.29, 1.82) is 0 Å². The van der Waals surface area contributed by atoms with E-state index in [-0.39, 0.29) is 17.9 Å². The molecule has 146 valence electrons. The van der Waals surface area contributed by atoms with Crippen LogP contribution in [0.2, 0.25) is 0 Å². The van der Waals surface area contributed by atoms with Crippen LogP contribution in [0.15, 0.2) is 10.9 Å². The molecule has 1 amide bonds. The molecule has 6 heteroatoms. The molecule has 26 heavy (non-hydrogen) atoms. The normalized spacial score (nSPS) is 26.9. The minimum Gasteiger partial charge on any atom is -0.377 e. The molecule has 0 bridgehead atoms. The van der Waals surface area contributed by atoms with E-state index in [1.165, 1.54) is 25.7 Å². The van der Waals surface area contributed by atoms with Gasteiger partial charge in [0.15, 0.2) is 0 Å². The van der Waals surface area contributed by atoms with Gasteiger partial charge >= 0.3 is 0 Å². The lowest BCUT2D eigenvalue weighted by Gasteiger charge is -2.38. The SMILES string of the molecule is CCCO[C@@H]1C[C@@H](C(=O)N(C)Cc2cscn2)CC[C@H]1NC1CCCC1. The summed E-state index contributed by atoms with van der Waals surface area (Å²) in [5.74, 6) is 0.310. The van der Waals surface area contributed by atoms with Gasteiger partial charge in [0.05, 0.1) is 23.9 Å². The van der Waals surface area contributed by atoms with Crippen molar-refractivity contribution >= 4 is 17.2 Å². The van der Waals surface area contributed by atoms with Crippen LogP contribution in [0.5, 0.6) is 0 Å². The summed E-state index contributed by atoms with van der Waals surface area (Å²) in [5.41, 5.74) is 2.79. The lowest BCUT2D eigenvalue weighted by Crippen LogP contribution is -2.51. The van der Waals surface area contributed by atoms with Gasteiger partial charge in [-0.1, -0.05) is 19.8 Å². The Balaban J connectivity index is 1.56. The molecule has 0 unspecified atom stereocenters. The minimum atomic E-state index is 0.0714. The van der Waals surface area contributed by atoms with Gasteiger partial charge < -0.3 is 15.0 Å². The first kappa shape index (κ1) is 19.8. The maximum Gasteiger partial charge on any atom is 0.225 e. The third kappa shape index (κ3) is 5.27. The van der Waals surface area contributed by atoms with E-state index in [0.29, 0.717) is 18.6 Å². The molecule has 2 fully saturated rings. The zero-order valence-electron chi connectivity index (χ0n) is 16.2. The molecule has 0 aromatic carbocycles. The molecular formula is C20H33N3O2S. The Morgan fingerprint density at radius 2 is 2.15 bits per heavy atom. The fourth-order valence-corrected chi connectivity index (χ4v) is 4.89. The molecule has 2 aliphatic rings. The number of amides is 1. The van der Waals surface area contributed by atoms with Crippen LogP contribution < -0.4 is 5.32 Å². The summed E-state index contributed by atoms with van der Waals surface area (Å²) in [6.07, 6.45) is 9.26. The zero-order valence-corrected chi connectivity index (χ0v) is 17.0. The quantitative estimate of drug-likeness (QED) is 0.750. The van der Waals surface area contributed by atoms with Crippen LogP contribution in [0, 0.1) is 5.92 Å². The maximum atomic E-state index is 12.9. The van der Waals surface area contributed by atoms with E-state index in [1.807, 2.05) is 22.8 Å². The van der Waals surface area contributed by atoms with Crippen LogP contribution in [0.3, 0.4) is 0 Å². The number of hydrogen-bond donors (Lipinski definition) is 1. The van der Waals surface area contributed by atoms with Gasteiger partial charge in [-0.2, -0.15) is 0 Å². The predicted molar refractivity (Wildman–Crippen MR) is 105 cm³/mol. The Kier molecular flexibility index (Phi) is 7.46. The third-order valence-corrected chi connectivity index (χ3v) is 6.38. The van der Waals surface area contributed by atoms with Crippen LogP contribution in [0.4, 0.5) is 0 Å². The number of hydrogen-bond acceptors (Lipinski definition) is 5. The van der Waals surface area contributed by atoms with Crippen LogP contribution in [-0.4, -0.2) is 47.6 Å². The van der Waals surface area contributed by atoms with Crippen LogP contribution >= 0.6 is 11.3 Å². The Labute approximate surface area is 161 Å². The van der Waals surface area contributed by atoms with Crippen molar-refractivity contribution in [3.63, 3.8) is 0 Å². The first-order valence-corrected chi connectivity index (χ1v) is 11.1. The van der Waals surface area contributed by atoms with E-state index in [1.54, 1.807) is 11.3 Å². The van der Waals surface area contributed by atoms with E-state index in [9.17, 15) is 4.79 Å². The molecule has 0 aliphatic heterocycles. The largest absolute Gasteiger partial charge is 0.377 e. The van der Waals surface area contributed by atoms with Crippen molar-refractivity contribution in [3.05, 3.63) is 16.6 Å². The average Bonchev–Trinajstić information content (AvgIpc) is 3.34. The predicted octanol–water partition coefficient (Wildman–Crippen LogP) is 3.60. The molecular weight excluding hydrogens is 346 g/mol. The van der Waals surface area contributed by atoms with Crippen molar-refractivity contribution in [2.75, 3.05) is 13.7 Å². The summed E-state index contributed by atoms with van der Waals surface area (Å²) >= 11 is 1.58. The Hall–Kier alpha value is -0.980. The van der Waals surface area contributed by atoms with Gasteiger partial charge in [0, 0.05) is 37.0 Å². The highest BCUT2D eigenvalue weighted by Gasteiger charge is 2.36. The molecule has 0 spiro atoms. The summed E-state index contributed by atoms with van der Waals surface area (Å²) in [4.78, 5) is 19.1. The Morgan fingerprint density at radius 3 is 2.85 bits per heavy atom. The molecule has 2 saturated carbocycles. The number of rotatable bonds is 8. The van der Waals surface area contributed by atoms with Crippen LogP contribution in [0.25, 0.3) is 0 Å². The summed E-state index contributed by atoms with van der Waals surface area (Å²) in [6, 6.07) is 1.05. The van der Waals surface area contributed by atoms with E-state index < -0.39 is 0 Å². The number of aromatic nitrogens is 1. The van der Waals surface area contributed by atoms with Gasteiger partial charge in [0.2, 0.25) is 5.91 Å². The van der Waals surface area contributed by atoms with E-state index >= 15 is 0 Å². The van der Waals surface area contributed by atoms with Gasteiger partial charge in [-0.25, -0.2) is 4.98 Å². The fourth-order valence-electron chi connectivity index (χ4n) is 4.34. The third-order valence-electron chi connectivity index (χ3n) is 5.74. The highest BCUT2D eigenvalue weighted by atomic mass is 32.1. The maximum absolute atomic E-state index is 12.9. The number of ether oxygens (including phenoxy) is 1. The number of carbonyl (C=O) groups excluding carboxylic acids is 1. The van der Waals surface area contributed by atoms with Gasteiger partial charge in [-0.3, -0.25) is 4.79 Å². The van der Waals surface area contributed by atoms with E-state index in [4.69, 9.17) is 4.74 Å². The lowest BCUT2D eigenvalue weighted by molar-refractivity contribution is -0.138. The Morgan fingerprint density at radius 1 is 1.35 bits per heavy atom. The molecule has 1 aromatic heterocycles. The number of nitrogens with one attached hydrogen (secondary N) is 1. The van der Waals surface area contributed by atoms with Gasteiger partial charge in [-0.05, 0) is 38.5 Å². The average molecular weight is 380 g/mol. The lowest BCUT2D eigenvalue weighted by atomic mass is 9.82. The molecule has 3 rings (SSSR count). The van der Waals surface area contributed by atoms with Crippen molar-refractivity contribution in [2.45, 2.75) is 83.0 Å². The fraction of sp³-hybridized carbons (Fsp3) is 0.800. The summed E-state index contributed by atoms with van der Waals surface area (Å²) < 4.78 is 6.18. The second kappa shape index (κ2) is 9.81. The van der Waals surface area contributed by atoms with Crippen LogP contribution in [-0.2, 0) is 16.1 Å². The molecule has 2 aliphatic carbocycles. The second-order valence-electron chi connectivity index (χ2n) is 7.85. The van der Waals surface area contributed by atoms with Gasteiger partial charge in [0.25, 0.3) is 0 Å². The van der Waals surface area contributed by atoms with Crippen LogP contribution in [0.1, 0.15) is 64.0 Å². The second-order valence-corrected chi connectivity index (χ2v) is 8.57. The first-order chi connectivity index (χ1) is 12.7.